The minimum Gasteiger partial charge on any atom is -0.486 e. The first-order chi connectivity index (χ1) is 9.13. The Kier molecular flexibility index (Phi) is 6.93. The van der Waals surface area contributed by atoms with Gasteiger partial charge in [-0.05, 0) is 50.4 Å². The van der Waals surface area contributed by atoms with Crippen LogP contribution in [0, 0.1) is 0 Å². The Morgan fingerprint density at radius 1 is 1.11 bits per heavy atom. The first-order valence-corrected chi connectivity index (χ1v) is 7.62. The highest BCUT2D eigenvalue weighted by molar-refractivity contribution is 5.28. The summed E-state index contributed by atoms with van der Waals surface area (Å²) in [5, 5.41) is 3.37. The van der Waals surface area contributed by atoms with Gasteiger partial charge < -0.3 is 10.1 Å². The standard InChI is InChI=1S/C17H29NO/c1-5-8-9-15-10-12-16(13-11-15)19-17(4,6-2)14-18-7-3/h10-13,18H,5-9,14H2,1-4H3. The summed E-state index contributed by atoms with van der Waals surface area (Å²) in [6.07, 6.45) is 4.67. The Labute approximate surface area is 118 Å². The molecule has 0 bridgehead atoms. The molecule has 0 saturated carbocycles. The van der Waals surface area contributed by atoms with Crippen LogP contribution in [0.3, 0.4) is 0 Å². The van der Waals surface area contributed by atoms with Crippen molar-refractivity contribution in [3.63, 3.8) is 0 Å². The summed E-state index contributed by atoms with van der Waals surface area (Å²) in [5.41, 5.74) is 1.28. The number of likely N-dealkylation sites (N-methyl/N-ethyl adjacent to an activating group) is 1. The first-order valence-electron chi connectivity index (χ1n) is 7.62. The topological polar surface area (TPSA) is 21.3 Å². The summed E-state index contributed by atoms with van der Waals surface area (Å²) in [6.45, 7) is 10.6. The van der Waals surface area contributed by atoms with Crippen molar-refractivity contribution in [2.45, 2.75) is 59.0 Å². The van der Waals surface area contributed by atoms with Gasteiger partial charge in [0.25, 0.3) is 0 Å². The molecule has 0 aliphatic heterocycles. The van der Waals surface area contributed by atoms with Gasteiger partial charge in [-0.25, -0.2) is 0 Å². The Balaban J connectivity index is 2.59. The lowest BCUT2D eigenvalue weighted by atomic mass is 10.0. The van der Waals surface area contributed by atoms with Crippen LogP contribution in [-0.4, -0.2) is 18.7 Å². The molecule has 0 spiro atoms. The summed E-state index contributed by atoms with van der Waals surface area (Å²) in [6, 6.07) is 8.58. The predicted octanol–water partition coefficient (Wildman–Crippen LogP) is 4.19. The van der Waals surface area contributed by atoms with Crippen molar-refractivity contribution in [2.24, 2.45) is 0 Å². The van der Waals surface area contributed by atoms with E-state index in [1.807, 2.05) is 0 Å². The number of hydrogen-bond acceptors (Lipinski definition) is 2. The SMILES string of the molecule is CCCCc1ccc(OC(C)(CC)CNCC)cc1. The number of unbranched alkanes of at least 4 members (excludes halogenated alkanes) is 1. The van der Waals surface area contributed by atoms with E-state index in [4.69, 9.17) is 4.74 Å². The third-order valence-corrected chi connectivity index (χ3v) is 3.60. The molecule has 19 heavy (non-hydrogen) atoms. The minimum atomic E-state index is -0.124. The van der Waals surface area contributed by atoms with Crippen LogP contribution in [0.5, 0.6) is 5.75 Å². The fourth-order valence-corrected chi connectivity index (χ4v) is 2.01. The molecule has 0 aliphatic rings. The van der Waals surface area contributed by atoms with E-state index in [1.165, 1.54) is 24.8 Å². The second kappa shape index (κ2) is 8.21. The third kappa shape index (κ3) is 5.65. The maximum Gasteiger partial charge on any atom is 0.120 e. The van der Waals surface area contributed by atoms with Crippen LogP contribution in [0.25, 0.3) is 0 Å². The predicted molar refractivity (Wildman–Crippen MR) is 82.9 cm³/mol. The monoisotopic (exact) mass is 263 g/mol. The summed E-state index contributed by atoms with van der Waals surface area (Å²) < 4.78 is 6.15. The average molecular weight is 263 g/mol. The first kappa shape index (κ1) is 16.0. The quantitative estimate of drug-likeness (QED) is 0.721. The Morgan fingerprint density at radius 3 is 2.32 bits per heavy atom. The van der Waals surface area contributed by atoms with Gasteiger partial charge in [0.2, 0.25) is 0 Å². The van der Waals surface area contributed by atoms with E-state index < -0.39 is 0 Å². The van der Waals surface area contributed by atoms with Gasteiger partial charge in [-0.2, -0.15) is 0 Å². The van der Waals surface area contributed by atoms with Crippen LogP contribution >= 0.6 is 0 Å². The summed E-state index contributed by atoms with van der Waals surface area (Å²) >= 11 is 0. The van der Waals surface area contributed by atoms with E-state index in [0.717, 1.165) is 25.3 Å². The van der Waals surface area contributed by atoms with Crippen molar-refractivity contribution >= 4 is 0 Å². The number of ether oxygens (including phenoxy) is 1. The van der Waals surface area contributed by atoms with E-state index in [-0.39, 0.29) is 5.60 Å². The Hall–Kier alpha value is -1.02. The number of rotatable bonds is 9. The van der Waals surface area contributed by atoms with Crippen LogP contribution in [0.1, 0.15) is 52.5 Å². The lowest BCUT2D eigenvalue weighted by Crippen LogP contribution is -2.42. The van der Waals surface area contributed by atoms with Crippen LogP contribution in [0.2, 0.25) is 0 Å². The minimum absolute atomic E-state index is 0.124. The van der Waals surface area contributed by atoms with E-state index in [9.17, 15) is 0 Å². The molecular weight excluding hydrogens is 234 g/mol. The van der Waals surface area contributed by atoms with Crippen molar-refractivity contribution in [3.05, 3.63) is 29.8 Å². The van der Waals surface area contributed by atoms with Gasteiger partial charge >= 0.3 is 0 Å². The number of benzene rings is 1. The van der Waals surface area contributed by atoms with Crippen LogP contribution in [-0.2, 0) is 6.42 Å². The zero-order valence-electron chi connectivity index (χ0n) is 13.0. The van der Waals surface area contributed by atoms with Crippen LogP contribution < -0.4 is 10.1 Å². The molecule has 0 fully saturated rings. The average Bonchev–Trinajstić information content (AvgIpc) is 2.44. The van der Waals surface area contributed by atoms with Crippen molar-refractivity contribution in [1.82, 2.24) is 5.32 Å². The highest BCUT2D eigenvalue weighted by Gasteiger charge is 2.23. The molecule has 0 saturated heterocycles. The molecule has 1 N–H and O–H groups in total. The largest absolute Gasteiger partial charge is 0.486 e. The zero-order valence-corrected chi connectivity index (χ0v) is 13.0. The fraction of sp³-hybridized carbons (Fsp3) is 0.647. The highest BCUT2D eigenvalue weighted by atomic mass is 16.5. The maximum atomic E-state index is 6.15. The molecule has 2 nitrogen and oxygen atoms in total. The molecular formula is C17H29NO. The van der Waals surface area contributed by atoms with E-state index >= 15 is 0 Å². The third-order valence-electron chi connectivity index (χ3n) is 3.60. The van der Waals surface area contributed by atoms with Gasteiger partial charge in [0.15, 0.2) is 0 Å². The number of hydrogen-bond donors (Lipinski definition) is 1. The zero-order chi connectivity index (χ0) is 14.1. The lowest BCUT2D eigenvalue weighted by Gasteiger charge is -2.30. The summed E-state index contributed by atoms with van der Waals surface area (Å²) in [5.74, 6) is 0.975. The van der Waals surface area contributed by atoms with Crippen molar-refractivity contribution in [2.75, 3.05) is 13.1 Å². The molecule has 0 aliphatic carbocycles. The molecule has 1 aromatic carbocycles. The van der Waals surface area contributed by atoms with E-state index in [1.54, 1.807) is 0 Å². The molecule has 108 valence electrons. The highest BCUT2D eigenvalue weighted by Crippen LogP contribution is 2.21. The molecule has 0 aromatic heterocycles. The number of nitrogens with one attached hydrogen (secondary N) is 1. The van der Waals surface area contributed by atoms with E-state index in [0.29, 0.717) is 0 Å². The molecule has 1 rings (SSSR count). The summed E-state index contributed by atoms with van der Waals surface area (Å²) in [4.78, 5) is 0. The van der Waals surface area contributed by atoms with Crippen molar-refractivity contribution < 1.29 is 4.74 Å². The van der Waals surface area contributed by atoms with Gasteiger partial charge in [0.05, 0.1) is 0 Å². The van der Waals surface area contributed by atoms with Crippen molar-refractivity contribution in [1.29, 1.82) is 0 Å². The van der Waals surface area contributed by atoms with E-state index in [2.05, 4.69) is 57.3 Å². The van der Waals surface area contributed by atoms with Crippen molar-refractivity contribution in [3.8, 4) is 5.75 Å². The molecule has 1 unspecified atom stereocenters. The van der Waals surface area contributed by atoms with Crippen LogP contribution in [0.15, 0.2) is 24.3 Å². The van der Waals surface area contributed by atoms with Gasteiger partial charge in [0, 0.05) is 6.54 Å². The normalized spacial score (nSPS) is 14.1. The van der Waals surface area contributed by atoms with Gasteiger partial charge in [-0.3, -0.25) is 0 Å². The molecule has 0 radical (unpaired) electrons. The second-order valence-electron chi connectivity index (χ2n) is 5.43. The second-order valence-corrected chi connectivity index (χ2v) is 5.43. The molecule has 1 aromatic rings. The van der Waals surface area contributed by atoms with Crippen LogP contribution in [0.4, 0.5) is 0 Å². The van der Waals surface area contributed by atoms with Gasteiger partial charge in [-0.1, -0.05) is 39.3 Å². The van der Waals surface area contributed by atoms with Gasteiger partial charge in [-0.15, -0.1) is 0 Å². The smallest absolute Gasteiger partial charge is 0.120 e. The lowest BCUT2D eigenvalue weighted by molar-refractivity contribution is 0.0842. The molecule has 1 atom stereocenters. The Morgan fingerprint density at radius 2 is 1.79 bits per heavy atom. The number of aryl methyl sites for hydroxylation is 1. The Bertz CT molecular complexity index is 347. The molecule has 0 amide bonds. The molecule has 2 heteroatoms. The fourth-order valence-electron chi connectivity index (χ4n) is 2.01. The molecule has 0 heterocycles. The maximum absolute atomic E-state index is 6.15. The summed E-state index contributed by atoms with van der Waals surface area (Å²) in [7, 11) is 0. The van der Waals surface area contributed by atoms with Gasteiger partial charge in [0.1, 0.15) is 11.4 Å².